The van der Waals surface area contributed by atoms with Gasteiger partial charge in [-0.05, 0) is 39.3 Å². The summed E-state index contributed by atoms with van der Waals surface area (Å²) in [6, 6.07) is 0. The molecule has 0 atom stereocenters. The number of guanidine groups is 1. The van der Waals surface area contributed by atoms with Gasteiger partial charge >= 0.3 is 6.18 Å². The van der Waals surface area contributed by atoms with Crippen molar-refractivity contribution in [2.75, 3.05) is 53.0 Å². The molecular weight excluding hydrogens is 321 g/mol. The van der Waals surface area contributed by atoms with E-state index in [9.17, 15) is 13.2 Å². The van der Waals surface area contributed by atoms with Gasteiger partial charge in [0.2, 0.25) is 0 Å². The van der Waals surface area contributed by atoms with Crippen LogP contribution < -0.4 is 10.6 Å². The second-order valence-corrected chi connectivity index (χ2v) is 6.19. The number of hydrogen-bond donors (Lipinski definition) is 2. The number of aliphatic imine (C=N–C) groups is 1. The second-order valence-electron chi connectivity index (χ2n) is 6.19. The van der Waals surface area contributed by atoms with Gasteiger partial charge in [0.15, 0.2) is 5.96 Å². The first-order valence-electron chi connectivity index (χ1n) is 8.59. The highest BCUT2D eigenvalue weighted by molar-refractivity contribution is 5.79. The van der Waals surface area contributed by atoms with Crippen molar-refractivity contribution in [1.82, 2.24) is 15.5 Å². The van der Waals surface area contributed by atoms with Gasteiger partial charge < -0.3 is 15.4 Å². The van der Waals surface area contributed by atoms with Gasteiger partial charge in [-0.25, -0.2) is 0 Å². The summed E-state index contributed by atoms with van der Waals surface area (Å²) in [6.07, 6.45) is -2.53. The van der Waals surface area contributed by atoms with Crippen LogP contribution in [0.4, 0.5) is 13.2 Å². The Morgan fingerprint density at radius 3 is 2.50 bits per heavy atom. The van der Waals surface area contributed by atoms with Gasteiger partial charge in [-0.15, -0.1) is 0 Å². The molecule has 24 heavy (non-hydrogen) atoms. The van der Waals surface area contributed by atoms with E-state index in [0.29, 0.717) is 44.5 Å². The van der Waals surface area contributed by atoms with E-state index in [0.717, 1.165) is 19.6 Å². The lowest BCUT2D eigenvalue weighted by molar-refractivity contribution is -0.143. The summed E-state index contributed by atoms with van der Waals surface area (Å²) < 4.78 is 42.2. The molecule has 0 amide bonds. The third-order valence-corrected chi connectivity index (χ3v) is 3.14. The largest absolute Gasteiger partial charge is 0.401 e. The van der Waals surface area contributed by atoms with Crippen LogP contribution in [0.5, 0.6) is 0 Å². The molecular formula is C16H33F3N4O. The van der Waals surface area contributed by atoms with Crippen molar-refractivity contribution in [2.45, 2.75) is 39.8 Å². The molecule has 144 valence electrons. The van der Waals surface area contributed by atoms with Crippen LogP contribution in [0.1, 0.15) is 33.6 Å². The number of rotatable bonds is 12. The number of alkyl halides is 3. The van der Waals surface area contributed by atoms with Crippen molar-refractivity contribution in [3.8, 4) is 0 Å². The maximum Gasteiger partial charge on any atom is 0.401 e. The monoisotopic (exact) mass is 354 g/mol. The van der Waals surface area contributed by atoms with Gasteiger partial charge in [0.1, 0.15) is 0 Å². The molecule has 0 unspecified atom stereocenters. The smallest absolute Gasteiger partial charge is 0.380 e. The fraction of sp³-hybridized carbons (Fsp3) is 0.938. The first kappa shape index (κ1) is 23.0. The summed E-state index contributed by atoms with van der Waals surface area (Å²) in [4.78, 5) is 5.62. The third-order valence-electron chi connectivity index (χ3n) is 3.14. The number of halogens is 3. The molecule has 0 heterocycles. The zero-order valence-electron chi connectivity index (χ0n) is 15.4. The summed E-state index contributed by atoms with van der Waals surface area (Å²) in [5.41, 5.74) is 0. The zero-order valence-corrected chi connectivity index (χ0v) is 15.4. The first-order valence-corrected chi connectivity index (χ1v) is 8.59. The van der Waals surface area contributed by atoms with Gasteiger partial charge in [-0.2, -0.15) is 13.2 Å². The summed E-state index contributed by atoms with van der Waals surface area (Å²) >= 11 is 0. The highest BCUT2D eigenvalue weighted by Crippen LogP contribution is 2.15. The van der Waals surface area contributed by atoms with Crippen molar-refractivity contribution in [2.24, 2.45) is 10.9 Å². The van der Waals surface area contributed by atoms with E-state index < -0.39 is 12.7 Å². The molecule has 2 N–H and O–H groups in total. The quantitative estimate of drug-likeness (QED) is 0.321. The highest BCUT2D eigenvalue weighted by Gasteiger charge is 2.28. The number of nitrogens with zero attached hydrogens (tertiary/aromatic N) is 2. The summed E-state index contributed by atoms with van der Waals surface area (Å²) in [5, 5.41) is 6.26. The Morgan fingerprint density at radius 1 is 1.21 bits per heavy atom. The van der Waals surface area contributed by atoms with E-state index in [1.165, 1.54) is 11.9 Å². The van der Waals surface area contributed by atoms with Crippen LogP contribution in [0.25, 0.3) is 0 Å². The average Bonchev–Trinajstić information content (AvgIpc) is 2.44. The van der Waals surface area contributed by atoms with Gasteiger partial charge in [0.25, 0.3) is 0 Å². The molecule has 0 aliphatic heterocycles. The van der Waals surface area contributed by atoms with Crippen LogP contribution in [0.2, 0.25) is 0 Å². The van der Waals surface area contributed by atoms with Crippen molar-refractivity contribution < 1.29 is 17.9 Å². The average molecular weight is 354 g/mol. The highest BCUT2D eigenvalue weighted by atomic mass is 19.4. The Hall–Kier alpha value is -1.02. The summed E-state index contributed by atoms with van der Waals surface area (Å²) in [6.45, 7) is 8.96. The van der Waals surface area contributed by atoms with Gasteiger partial charge in [-0.1, -0.05) is 13.8 Å². The lowest BCUT2D eigenvalue weighted by Crippen LogP contribution is -2.39. The van der Waals surface area contributed by atoms with E-state index in [-0.39, 0.29) is 0 Å². The zero-order chi connectivity index (χ0) is 18.4. The molecule has 0 bridgehead atoms. The maximum atomic E-state index is 12.2. The predicted molar refractivity (Wildman–Crippen MR) is 92.4 cm³/mol. The number of nitrogens with one attached hydrogen (secondary N) is 2. The fourth-order valence-corrected chi connectivity index (χ4v) is 1.92. The van der Waals surface area contributed by atoms with Crippen LogP contribution in [-0.2, 0) is 4.74 Å². The van der Waals surface area contributed by atoms with Gasteiger partial charge in [0.05, 0.1) is 13.2 Å². The normalized spacial score (nSPS) is 13.0. The molecule has 0 aliphatic carbocycles. The number of hydrogen-bond acceptors (Lipinski definition) is 3. The Labute approximate surface area is 144 Å². The molecule has 0 aromatic rings. The Balaban J connectivity index is 3.89. The van der Waals surface area contributed by atoms with Crippen LogP contribution >= 0.6 is 0 Å². The van der Waals surface area contributed by atoms with E-state index >= 15 is 0 Å². The third kappa shape index (κ3) is 15.9. The molecule has 0 saturated carbocycles. The molecule has 0 aromatic heterocycles. The molecule has 0 radical (unpaired) electrons. The van der Waals surface area contributed by atoms with Gasteiger partial charge in [-0.3, -0.25) is 9.89 Å². The van der Waals surface area contributed by atoms with Crippen LogP contribution in [0, 0.1) is 5.92 Å². The minimum absolute atomic E-state index is 0.362. The van der Waals surface area contributed by atoms with E-state index in [2.05, 4.69) is 29.5 Å². The summed E-state index contributed by atoms with van der Waals surface area (Å²) in [5.74, 6) is 1.30. The van der Waals surface area contributed by atoms with E-state index in [1.54, 1.807) is 0 Å². The molecule has 5 nitrogen and oxygen atoms in total. The minimum atomic E-state index is -4.15. The second kappa shape index (κ2) is 13.3. The van der Waals surface area contributed by atoms with E-state index in [1.807, 2.05) is 6.92 Å². The SMILES string of the molecule is CCNC(=NCCCN(C)CC(F)(F)F)NCCOCCC(C)C. The van der Waals surface area contributed by atoms with Crippen LogP contribution in [0.3, 0.4) is 0 Å². The molecule has 0 aliphatic rings. The lowest BCUT2D eigenvalue weighted by Gasteiger charge is -2.18. The fourth-order valence-electron chi connectivity index (χ4n) is 1.92. The maximum absolute atomic E-state index is 12.2. The predicted octanol–water partition coefficient (Wildman–Crippen LogP) is 2.49. The van der Waals surface area contributed by atoms with Crippen LogP contribution in [0.15, 0.2) is 4.99 Å². The van der Waals surface area contributed by atoms with Crippen molar-refractivity contribution in [3.05, 3.63) is 0 Å². The minimum Gasteiger partial charge on any atom is -0.380 e. The first-order chi connectivity index (χ1) is 11.2. The Morgan fingerprint density at radius 2 is 1.92 bits per heavy atom. The van der Waals surface area contributed by atoms with Crippen molar-refractivity contribution in [3.63, 3.8) is 0 Å². The summed E-state index contributed by atoms with van der Waals surface area (Å²) in [7, 11) is 1.47. The van der Waals surface area contributed by atoms with E-state index in [4.69, 9.17) is 4.74 Å². The topological polar surface area (TPSA) is 48.9 Å². The Bertz CT molecular complexity index is 336. The van der Waals surface area contributed by atoms with Crippen molar-refractivity contribution >= 4 is 5.96 Å². The molecule has 0 spiro atoms. The lowest BCUT2D eigenvalue weighted by atomic mass is 10.1. The molecule has 0 fully saturated rings. The van der Waals surface area contributed by atoms with Gasteiger partial charge in [0, 0.05) is 26.2 Å². The number of ether oxygens (including phenoxy) is 1. The Kier molecular flexibility index (Phi) is 12.7. The molecule has 0 rings (SSSR count). The molecule has 0 saturated heterocycles. The standard InChI is InChI=1S/C16H33F3N4O/c1-5-20-15(22-9-12-24-11-7-14(2)3)21-8-6-10-23(4)13-16(17,18)19/h14H,5-13H2,1-4H3,(H2,20,21,22). The molecule has 8 heteroatoms. The molecule has 0 aromatic carbocycles. The van der Waals surface area contributed by atoms with Crippen LogP contribution in [-0.4, -0.2) is 70.0 Å². The van der Waals surface area contributed by atoms with Crippen molar-refractivity contribution in [1.29, 1.82) is 0 Å².